The van der Waals surface area contributed by atoms with Crippen molar-refractivity contribution in [3.8, 4) is 11.4 Å². The van der Waals surface area contributed by atoms with Crippen LogP contribution in [0.1, 0.15) is 32.1 Å². The molecule has 0 aliphatic carbocycles. The maximum atomic E-state index is 6.19. The second-order valence-corrected chi connectivity index (χ2v) is 5.69. The Labute approximate surface area is 123 Å². The fourth-order valence-corrected chi connectivity index (χ4v) is 3.04. The monoisotopic (exact) mass is 291 g/mol. The quantitative estimate of drug-likeness (QED) is 0.941. The summed E-state index contributed by atoms with van der Waals surface area (Å²) in [5, 5.41) is 8.15. The highest BCUT2D eigenvalue weighted by Gasteiger charge is 2.37. The van der Waals surface area contributed by atoms with Gasteiger partial charge in [0.1, 0.15) is 0 Å². The van der Waals surface area contributed by atoms with Gasteiger partial charge < -0.3 is 9.84 Å². The molecule has 1 aromatic heterocycles. The molecule has 4 nitrogen and oxygen atoms in total. The predicted octanol–water partition coefficient (Wildman–Crippen LogP) is 3.42. The van der Waals surface area contributed by atoms with Gasteiger partial charge in [-0.15, -0.1) is 0 Å². The van der Waals surface area contributed by atoms with Gasteiger partial charge in [-0.25, -0.2) is 0 Å². The van der Waals surface area contributed by atoms with Gasteiger partial charge in [0.15, 0.2) is 0 Å². The Morgan fingerprint density at radius 3 is 2.75 bits per heavy atom. The minimum Gasteiger partial charge on any atom is -0.338 e. The van der Waals surface area contributed by atoms with Crippen molar-refractivity contribution in [3.05, 3.63) is 35.2 Å². The molecule has 0 saturated carbocycles. The fourth-order valence-electron chi connectivity index (χ4n) is 2.81. The second kappa shape index (κ2) is 5.54. The molecule has 0 radical (unpaired) electrons. The van der Waals surface area contributed by atoms with Crippen molar-refractivity contribution >= 4 is 11.6 Å². The van der Waals surface area contributed by atoms with E-state index in [1.165, 1.54) is 0 Å². The van der Waals surface area contributed by atoms with Crippen LogP contribution in [0.2, 0.25) is 5.02 Å². The molecule has 1 saturated heterocycles. The first-order valence-corrected chi connectivity index (χ1v) is 7.43. The van der Waals surface area contributed by atoms with E-state index < -0.39 is 0 Å². The SMILES string of the molecule is CCC1(c2nc(-c3ccccc3Cl)no2)CCNCC1. The summed E-state index contributed by atoms with van der Waals surface area (Å²) in [6.07, 6.45) is 3.08. The number of piperidine rings is 1. The first kappa shape index (κ1) is 13.6. The molecule has 1 fully saturated rings. The summed E-state index contributed by atoms with van der Waals surface area (Å²) in [4.78, 5) is 4.62. The molecule has 1 aliphatic rings. The van der Waals surface area contributed by atoms with Crippen molar-refractivity contribution < 1.29 is 4.52 Å². The van der Waals surface area contributed by atoms with Gasteiger partial charge in [0.25, 0.3) is 0 Å². The van der Waals surface area contributed by atoms with Crippen molar-refractivity contribution in [1.29, 1.82) is 0 Å². The molecule has 0 spiro atoms. The average molecular weight is 292 g/mol. The molecule has 1 aliphatic heterocycles. The first-order valence-electron chi connectivity index (χ1n) is 7.05. The van der Waals surface area contributed by atoms with E-state index in [1.54, 1.807) is 0 Å². The van der Waals surface area contributed by atoms with E-state index in [4.69, 9.17) is 16.1 Å². The highest BCUT2D eigenvalue weighted by atomic mass is 35.5. The lowest BCUT2D eigenvalue weighted by molar-refractivity contribution is 0.216. The standard InChI is InChI=1S/C15H18ClN3O/c1-2-15(7-9-17-10-8-15)14-18-13(19-20-14)11-5-3-4-6-12(11)16/h3-6,17H,2,7-10H2,1H3. The topological polar surface area (TPSA) is 51.0 Å². The molecule has 1 N–H and O–H groups in total. The third-order valence-corrected chi connectivity index (χ3v) is 4.56. The third kappa shape index (κ3) is 2.34. The molecule has 0 atom stereocenters. The zero-order valence-electron chi connectivity index (χ0n) is 11.5. The Kier molecular flexibility index (Phi) is 3.76. The van der Waals surface area contributed by atoms with E-state index in [1.807, 2.05) is 24.3 Å². The van der Waals surface area contributed by atoms with Crippen LogP contribution in [0, 0.1) is 0 Å². The van der Waals surface area contributed by atoms with E-state index in [-0.39, 0.29) is 5.41 Å². The number of hydrogen-bond acceptors (Lipinski definition) is 4. The summed E-state index contributed by atoms with van der Waals surface area (Å²) in [6, 6.07) is 7.58. The van der Waals surface area contributed by atoms with E-state index in [0.29, 0.717) is 10.8 Å². The number of nitrogens with one attached hydrogen (secondary N) is 1. The summed E-state index contributed by atoms with van der Waals surface area (Å²) in [6.45, 7) is 4.18. The molecular formula is C15H18ClN3O. The van der Waals surface area contributed by atoms with Crippen LogP contribution in [0.5, 0.6) is 0 Å². The lowest BCUT2D eigenvalue weighted by atomic mass is 9.76. The van der Waals surface area contributed by atoms with Crippen LogP contribution in [0.25, 0.3) is 11.4 Å². The minimum atomic E-state index is 0.0117. The van der Waals surface area contributed by atoms with Gasteiger partial charge >= 0.3 is 0 Å². The van der Waals surface area contributed by atoms with E-state index in [2.05, 4.69) is 22.4 Å². The van der Waals surface area contributed by atoms with Crippen LogP contribution in [0.15, 0.2) is 28.8 Å². The van der Waals surface area contributed by atoms with Gasteiger partial charge in [0, 0.05) is 5.56 Å². The lowest BCUT2D eigenvalue weighted by Crippen LogP contribution is -2.39. The Morgan fingerprint density at radius 2 is 2.05 bits per heavy atom. The van der Waals surface area contributed by atoms with Crippen molar-refractivity contribution in [3.63, 3.8) is 0 Å². The van der Waals surface area contributed by atoms with Crippen molar-refractivity contribution in [2.75, 3.05) is 13.1 Å². The third-order valence-electron chi connectivity index (χ3n) is 4.23. The largest absolute Gasteiger partial charge is 0.338 e. The molecular weight excluding hydrogens is 274 g/mol. The summed E-state index contributed by atoms with van der Waals surface area (Å²) in [5.74, 6) is 1.33. The maximum absolute atomic E-state index is 6.19. The highest BCUT2D eigenvalue weighted by Crippen LogP contribution is 2.37. The summed E-state index contributed by atoms with van der Waals surface area (Å²) in [5.41, 5.74) is 0.835. The average Bonchev–Trinajstić information content (AvgIpc) is 2.98. The Hall–Kier alpha value is -1.39. The molecule has 106 valence electrons. The zero-order valence-corrected chi connectivity index (χ0v) is 12.3. The van der Waals surface area contributed by atoms with Crippen LogP contribution >= 0.6 is 11.6 Å². The van der Waals surface area contributed by atoms with Crippen LogP contribution in [-0.4, -0.2) is 23.2 Å². The van der Waals surface area contributed by atoms with Crippen LogP contribution < -0.4 is 5.32 Å². The van der Waals surface area contributed by atoms with E-state index >= 15 is 0 Å². The molecule has 2 aromatic rings. The highest BCUT2D eigenvalue weighted by molar-refractivity contribution is 6.33. The maximum Gasteiger partial charge on any atom is 0.233 e. The molecule has 0 unspecified atom stereocenters. The normalized spacial score (nSPS) is 18.1. The van der Waals surface area contributed by atoms with E-state index in [0.717, 1.165) is 43.8 Å². The molecule has 3 rings (SSSR count). The smallest absolute Gasteiger partial charge is 0.233 e. The molecule has 0 bridgehead atoms. The second-order valence-electron chi connectivity index (χ2n) is 5.29. The van der Waals surface area contributed by atoms with Crippen LogP contribution in [-0.2, 0) is 5.41 Å². The Bertz CT molecular complexity index is 590. The molecule has 0 amide bonds. The number of benzene rings is 1. The van der Waals surface area contributed by atoms with E-state index in [9.17, 15) is 0 Å². The van der Waals surface area contributed by atoms with Gasteiger partial charge in [-0.3, -0.25) is 0 Å². The summed E-state index contributed by atoms with van der Waals surface area (Å²) >= 11 is 6.19. The zero-order chi connectivity index (χ0) is 14.0. The van der Waals surface area contributed by atoms with Crippen LogP contribution in [0.4, 0.5) is 0 Å². The molecule has 2 heterocycles. The lowest BCUT2D eigenvalue weighted by Gasteiger charge is -2.33. The van der Waals surface area contributed by atoms with Gasteiger partial charge in [-0.1, -0.05) is 35.8 Å². The number of hydrogen-bond donors (Lipinski definition) is 1. The first-order chi connectivity index (χ1) is 9.75. The summed E-state index contributed by atoms with van der Waals surface area (Å²) in [7, 11) is 0. The van der Waals surface area contributed by atoms with Crippen molar-refractivity contribution in [2.24, 2.45) is 0 Å². The number of halogens is 1. The Morgan fingerprint density at radius 1 is 1.30 bits per heavy atom. The van der Waals surface area contributed by atoms with Crippen molar-refractivity contribution in [2.45, 2.75) is 31.6 Å². The molecule has 5 heteroatoms. The van der Waals surface area contributed by atoms with Gasteiger partial charge in [-0.2, -0.15) is 4.98 Å². The van der Waals surface area contributed by atoms with Gasteiger partial charge in [0.2, 0.25) is 11.7 Å². The van der Waals surface area contributed by atoms with Gasteiger partial charge in [-0.05, 0) is 44.5 Å². The fraction of sp³-hybridized carbons (Fsp3) is 0.467. The predicted molar refractivity (Wildman–Crippen MR) is 78.8 cm³/mol. The van der Waals surface area contributed by atoms with Crippen molar-refractivity contribution in [1.82, 2.24) is 15.5 Å². The molecule has 1 aromatic carbocycles. The number of nitrogens with zero attached hydrogens (tertiary/aromatic N) is 2. The minimum absolute atomic E-state index is 0.0117. The summed E-state index contributed by atoms with van der Waals surface area (Å²) < 4.78 is 5.56. The van der Waals surface area contributed by atoms with Gasteiger partial charge in [0.05, 0.1) is 10.4 Å². The van der Waals surface area contributed by atoms with Crippen LogP contribution in [0.3, 0.4) is 0 Å². The Balaban J connectivity index is 1.95. The number of aromatic nitrogens is 2. The molecule has 20 heavy (non-hydrogen) atoms. The number of rotatable bonds is 3.